The molecular formula is C15H17F3. The van der Waals surface area contributed by atoms with Gasteiger partial charge in [-0.15, -0.1) is 0 Å². The maximum Gasteiger partial charge on any atom is 0.415 e. The molecule has 0 unspecified atom stereocenters. The number of hydrogen-bond acceptors (Lipinski definition) is 0. The van der Waals surface area contributed by atoms with Gasteiger partial charge in [-0.3, -0.25) is 0 Å². The van der Waals surface area contributed by atoms with Crippen molar-refractivity contribution < 1.29 is 13.2 Å². The Hall–Kier alpha value is -1.77. The van der Waals surface area contributed by atoms with Crippen LogP contribution in [0.4, 0.5) is 13.2 Å². The molecule has 0 spiro atoms. The van der Waals surface area contributed by atoms with Crippen molar-refractivity contribution >= 4 is 0 Å². The van der Waals surface area contributed by atoms with E-state index in [4.69, 9.17) is 0 Å². The van der Waals surface area contributed by atoms with E-state index in [1.54, 1.807) is 12.2 Å². The second-order valence-corrected chi connectivity index (χ2v) is 3.75. The monoisotopic (exact) mass is 254 g/mol. The lowest BCUT2D eigenvalue weighted by atomic mass is 10.1. The maximum atomic E-state index is 12.2. The molecule has 0 fully saturated rings. The lowest BCUT2D eigenvalue weighted by molar-refractivity contribution is -0.0878. The van der Waals surface area contributed by atoms with Gasteiger partial charge in [-0.2, -0.15) is 13.2 Å². The number of allylic oxidation sites excluding steroid dienone is 8. The molecule has 0 saturated heterocycles. The van der Waals surface area contributed by atoms with Crippen LogP contribution in [0.3, 0.4) is 0 Å². The minimum Gasteiger partial charge on any atom is -0.166 e. The zero-order valence-electron chi connectivity index (χ0n) is 10.5. The Balaban J connectivity index is 4.56. The molecule has 0 amide bonds. The van der Waals surface area contributed by atoms with Crippen LogP contribution >= 0.6 is 0 Å². The molecule has 0 heterocycles. The summed E-state index contributed by atoms with van der Waals surface area (Å²) in [6, 6.07) is 0. The van der Waals surface area contributed by atoms with E-state index in [0.717, 1.165) is 18.1 Å². The van der Waals surface area contributed by atoms with Gasteiger partial charge in [0, 0.05) is 5.57 Å². The fourth-order valence-electron chi connectivity index (χ4n) is 0.846. The predicted octanol–water partition coefficient (Wildman–Crippen LogP) is 5.30. The Morgan fingerprint density at radius 1 is 0.889 bits per heavy atom. The predicted molar refractivity (Wildman–Crippen MR) is 71.2 cm³/mol. The molecule has 18 heavy (non-hydrogen) atoms. The Labute approximate surface area is 106 Å². The van der Waals surface area contributed by atoms with Crippen molar-refractivity contribution in [3.8, 4) is 0 Å². The highest BCUT2D eigenvalue weighted by Gasteiger charge is 2.29. The fourth-order valence-corrected chi connectivity index (χ4v) is 0.846. The van der Waals surface area contributed by atoms with Crippen molar-refractivity contribution in [1.29, 1.82) is 0 Å². The zero-order valence-corrected chi connectivity index (χ0v) is 10.5. The van der Waals surface area contributed by atoms with Gasteiger partial charge in [-0.1, -0.05) is 63.1 Å². The van der Waals surface area contributed by atoms with Crippen molar-refractivity contribution in [3.05, 3.63) is 72.9 Å². The summed E-state index contributed by atoms with van der Waals surface area (Å²) in [6.45, 7) is 16.0. The topological polar surface area (TPSA) is 0 Å². The van der Waals surface area contributed by atoms with Crippen LogP contribution in [0.15, 0.2) is 72.9 Å². The molecule has 0 aromatic rings. The van der Waals surface area contributed by atoms with E-state index in [1.807, 2.05) is 6.92 Å². The quantitative estimate of drug-likeness (QED) is 0.564. The highest BCUT2D eigenvalue weighted by atomic mass is 19.4. The summed E-state index contributed by atoms with van der Waals surface area (Å²) in [5.74, 6) is 0. The Kier molecular flexibility index (Phi) is 6.17. The highest BCUT2D eigenvalue weighted by Crippen LogP contribution is 2.25. The summed E-state index contributed by atoms with van der Waals surface area (Å²) < 4.78 is 36.5. The van der Waals surface area contributed by atoms with E-state index < -0.39 is 11.7 Å². The average Bonchev–Trinajstić information content (AvgIpc) is 2.30. The Morgan fingerprint density at radius 3 is 1.72 bits per heavy atom. The molecule has 98 valence electrons. The Morgan fingerprint density at radius 2 is 1.33 bits per heavy atom. The zero-order chi connectivity index (χ0) is 14.3. The normalized spacial score (nSPS) is 12.0. The summed E-state index contributed by atoms with van der Waals surface area (Å²) in [5.41, 5.74) is 0.933. The van der Waals surface area contributed by atoms with Gasteiger partial charge in [0.05, 0.1) is 0 Å². The second-order valence-electron chi connectivity index (χ2n) is 3.75. The lowest BCUT2D eigenvalue weighted by Crippen LogP contribution is -2.08. The van der Waals surface area contributed by atoms with E-state index >= 15 is 0 Å². The molecule has 0 bridgehead atoms. The molecule has 0 aliphatic rings. The minimum atomic E-state index is -4.41. The number of alkyl halides is 3. The van der Waals surface area contributed by atoms with Gasteiger partial charge in [0.15, 0.2) is 0 Å². The van der Waals surface area contributed by atoms with Crippen LogP contribution in [0.2, 0.25) is 0 Å². The lowest BCUT2D eigenvalue weighted by Gasteiger charge is -2.05. The van der Waals surface area contributed by atoms with E-state index in [1.165, 1.54) is 6.08 Å². The number of hydrogen-bond donors (Lipinski definition) is 0. The standard InChI is InChI=1S/C15H17F3/c1-6-11(2)7-8-12(3)13(4)9-10-14(5)15(16,17)18/h7-10H,2-6H2,1H3/b8-7-,10-9-. The van der Waals surface area contributed by atoms with Gasteiger partial charge >= 0.3 is 6.18 Å². The van der Waals surface area contributed by atoms with Crippen molar-refractivity contribution in [2.45, 2.75) is 19.5 Å². The summed E-state index contributed by atoms with van der Waals surface area (Å²) in [5, 5.41) is 0. The van der Waals surface area contributed by atoms with Crippen LogP contribution in [-0.4, -0.2) is 6.18 Å². The van der Waals surface area contributed by atoms with Gasteiger partial charge < -0.3 is 0 Å². The van der Waals surface area contributed by atoms with Gasteiger partial charge in [0.1, 0.15) is 0 Å². The van der Waals surface area contributed by atoms with E-state index in [-0.39, 0.29) is 0 Å². The second kappa shape index (κ2) is 6.84. The van der Waals surface area contributed by atoms with Crippen molar-refractivity contribution in [3.63, 3.8) is 0 Å². The highest BCUT2D eigenvalue weighted by molar-refractivity contribution is 5.45. The van der Waals surface area contributed by atoms with E-state index in [0.29, 0.717) is 11.1 Å². The first-order valence-corrected chi connectivity index (χ1v) is 5.36. The molecule has 0 N–H and O–H groups in total. The number of rotatable bonds is 6. The first kappa shape index (κ1) is 16.2. The third-order valence-corrected chi connectivity index (χ3v) is 2.24. The summed E-state index contributed by atoms with van der Waals surface area (Å²) in [4.78, 5) is 0. The molecule has 0 aliphatic carbocycles. The van der Waals surface area contributed by atoms with Crippen LogP contribution in [0.25, 0.3) is 0 Å². The van der Waals surface area contributed by atoms with E-state index in [2.05, 4.69) is 26.3 Å². The number of halogens is 3. The molecule has 0 aromatic heterocycles. The van der Waals surface area contributed by atoms with Crippen LogP contribution in [0, 0.1) is 0 Å². The molecule has 0 rings (SSSR count). The van der Waals surface area contributed by atoms with Crippen LogP contribution < -0.4 is 0 Å². The van der Waals surface area contributed by atoms with Crippen LogP contribution in [-0.2, 0) is 0 Å². The molecule has 0 radical (unpaired) electrons. The van der Waals surface area contributed by atoms with Crippen molar-refractivity contribution in [2.75, 3.05) is 0 Å². The van der Waals surface area contributed by atoms with Crippen molar-refractivity contribution in [1.82, 2.24) is 0 Å². The molecule has 0 aromatic carbocycles. The first-order chi connectivity index (χ1) is 8.18. The van der Waals surface area contributed by atoms with Gasteiger partial charge in [-0.25, -0.2) is 0 Å². The maximum absolute atomic E-state index is 12.2. The third-order valence-electron chi connectivity index (χ3n) is 2.24. The SMILES string of the molecule is C=C(/C=C\C(=C)C(=C)/C=C\C(=C)C(F)(F)F)CC. The molecule has 0 atom stereocenters. The summed E-state index contributed by atoms with van der Waals surface area (Å²) >= 11 is 0. The molecule has 3 heteroatoms. The molecule has 0 aliphatic heterocycles. The summed E-state index contributed by atoms with van der Waals surface area (Å²) in [7, 11) is 0. The van der Waals surface area contributed by atoms with Gasteiger partial charge in [0.2, 0.25) is 0 Å². The van der Waals surface area contributed by atoms with Crippen LogP contribution in [0.5, 0.6) is 0 Å². The first-order valence-electron chi connectivity index (χ1n) is 5.36. The largest absolute Gasteiger partial charge is 0.415 e. The average molecular weight is 254 g/mol. The van der Waals surface area contributed by atoms with Crippen LogP contribution in [0.1, 0.15) is 13.3 Å². The molecule has 0 saturated carbocycles. The van der Waals surface area contributed by atoms with Crippen molar-refractivity contribution in [2.24, 2.45) is 0 Å². The van der Waals surface area contributed by atoms with E-state index in [9.17, 15) is 13.2 Å². The third kappa shape index (κ3) is 6.09. The summed E-state index contributed by atoms with van der Waals surface area (Å²) in [6.07, 6.45) is 1.96. The fraction of sp³-hybridized carbons (Fsp3) is 0.200. The Bertz CT molecular complexity index is 418. The smallest absolute Gasteiger partial charge is 0.166 e. The minimum absolute atomic E-state index is 0.403. The van der Waals surface area contributed by atoms with Gasteiger partial charge in [0.25, 0.3) is 0 Å². The van der Waals surface area contributed by atoms with Gasteiger partial charge in [-0.05, 0) is 17.6 Å². The molecular weight excluding hydrogens is 237 g/mol. The molecule has 0 nitrogen and oxygen atoms in total.